The highest BCUT2D eigenvalue weighted by atomic mass is 16.5. The van der Waals surface area contributed by atoms with Crippen molar-refractivity contribution in [2.75, 3.05) is 11.4 Å². The summed E-state index contributed by atoms with van der Waals surface area (Å²) in [6.07, 6.45) is 1.42. The number of amides is 1. The van der Waals surface area contributed by atoms with Crippen molar-refractivity contribution >= 4 is 28.7 Å². The molecular formula is C24H19N3O4. The number of hydrogen-bond acceptors (Lipinski definition) is 6. The first-order chi connectivity index (χ1) is 15.1. The van der Waals surface area contributed by atoms with Gasteiger partial charge in [-0.3, -0.25) is 4.79 Å². The van der Waals surface area contributed by atoms with Gasteiger partial charge >= 0.3 is 5.97 Å². The van der Waals surface area contributed by atoms with Crippen molar-refractivity contribution in [1.82, 2.24) is 10.1 Å². The van der Waals surface area contributed by atoms with Crippen LogP contribution in [0.15, 0.2) is 65.2 Å². The van der Waals surface area contributed by atoms with Crippen LogP contribution in [0.25, 0.3) is 22.4 Å². The lowest BCUT2D eigenvalue weighted by Crippen LogP contribution is -2.23. The predicted octanol–water partition coefficient (Wildman–Crippen LogP) is 4.54. The Balaban J connectivity index is 1.46. The van der Waals surface area contributed by atoms with Gasteiger partial charge in [0, 0.05) is 24.2 Å². The molecule has 2 aromatic carbocycles. The minimum absolute atomic E-state index is 0.111. The zero-order chi connectivity index (χ0) is 21.4. The molecule has 1 fully saturated rings. The van der Waals surface area contributed by atoms with E-state index in [0.29, 0.717) is 41.1 Å². The standard InChI is InChI=1S/C24H19N3O4/c1-15-22-19(14-20(25-23(22)31-26-15)16-6-3-2-4-7-16)24(29)30-18-11-9-17(10-12-18)27-13-5-8-21(27)28/h2-4,6-7,9-12,14H,5,8,13H2,1H3. The lowest BCUT2D eigenvalue weighted by atomic mass is 10.1. The van der Waals surface area contributed by atoms with E-state index in [1.54, 1.807) is 42.2 Å². The van der Waals surface area contributed by atoms with Crippen LogP contribution in [0, 0.1) is 6.92 Å². The van der Waals surface area contributed by atoms with Gasteiger partial charge in [0.1, 0.15) is 5.75 Å². The summed E-state index contributed by atoms with van der Waals surface area (Å²) in [7, 11) is 0. The summed E-state index contributed by atoms with van der Waals surface area (Å²) < 4.78 is 11.0. The van der Waals surface area contributed by atoms with E-state index in [0.717, 1.165) is 17.7 Å². The molecule has 7 nitrogen and oxygen atoms in total. The summed E-state index contributed by atoms with van der Waals surface area (Å²) in [6, 6.07) is 18.2. The monoisotopic (exact) mass is 413 g/mol. The lowest BCUT2D eigenvalue weighted by molar-refractivity contribution is -0.117. The zero-order valence-corrected chi connectivity index (χ0v) is 16.9. The highest BCUT2D eigenvalue weighted by Crippen LogP contribution is 2.29. The fraction of sp³-hybridized carbons (Fsp3) is 0.167. The number of anilines is 1. The molecule has 7 heteroatoms. The first-order valence-corrected chi connectivity index (χ1v) is 10.1. The fourth-order valence-corrected chi connectivity index (χ4v) is 3.79. The number of fused-ring (bicyclic) bond motifs is 1. The molecular weight excluding hydrogens is 394 g/mol. The Morgan fingerprint density at radius 2 is 1.87 bits per heavy atom. The van der Waals surface area contributed by atoms with Gasteiger partial charge in [-0.25, -0.2) is 9.78 Å². The third-order valence-corrected chi connectivity index (χ3v) is 5.34. The van der Waals surface area contributed by atoms with E-state index < -0.39 is 5.97 Å². The summed E-state index contributed by atoms with van der Waals surface area (Å²) in [5.74, 6) is -0.0260. The van der Waals surface area contributed by atoms with Crippen LogP contribution in [0.1, 0.15) is 28.9 Å². The zero-order valence-electron chi connectivity index (χ0n) is 16.9. The number of pyridine rings is 1. The van der Waals surface area contributed by atoms with Crippen LogP contribution in [-0.4, -0.2) is 28.6 Å². The minimum atomic E-state index is -0.527. The topological polar surface area (TPSA) is 85.5 Å². The van der Waals surface area contributed by atoms with Crippen LogP contribution in [-0.2, 0) is 4.79 Å². The summed E-state index contributed by atoms with van der Waals surface area (Å²) in [4.78, 5) is 31.2. The molecule has 0 bridgehead atoms. The quantitative estimate of drug-likeness (QED) is 0.361. The van der Waals surface area contributed by atoms with Crippen LogP contribution in [0.2, 0.25) is 0 Å². The third kappa shape index (κ3) is 3.54. The molecule has 0 unspecified atom stereocenters. The molecule has 2 aromatic heterocycles. The van der Waals surface area contributed by atoms with Gasteiger partial charge in [-0.1, -0.05) is 35.5 Å². The Bertz CT molecular complexity index is 1280. The molecule has 1 aliphatic heterocycles. The molecule has 0 aliphatic carbocycles. The minimum Gasteiger partial charge on any atom is -0.423 e. The Morgan fingerprint density at radius 3 is 2.58 bits per heavy atom. The number of aryl methyl sites for hydroxylation is 1. The molecule has 5 rings (SSSR count). The number of hydrogen-bond donors (Lipinski definition) is 0. The van der Waals surface area contributed by atoms with Gasteiger partial charge < -0.3 is 14.2 Å². The van der Waals surface area contributed by atoms with Crippen LogP contribution in [0.5, 0.6) is 5.75 Å². The van der Waals surface area contributed by atoms with Crippen molar-refractivity contribution in [1.29, 1.82) is 0 Å². The average molecular weight is 413 g/mol. The normalized spacial score (nSPS) is 13.7. The highest BCUT2D eigenvalue weighted by Gasteiger charge is 2.23. The molecule has 1 amide bonds. The van der Waals surface area contributed by atoms with Crippen LogP contribution < -0.4 is 9.64 Å². The van der Waals surface area contributed by atoms with Gasteiger partial charge in [-0.05, 0) is 43.7 Å². The summed E-state index contributed by atoms with van der Waals surface area (Å²) in [5.41, 5.74) is 3.44. The van der Waals surface area contributed by atoms with E-state index in [1.165, 1.54) is 0 Å². The molecule has 3 heterocycles. The maximum atomic E-state index is 13.1. The largest absolute Gasteiger partial charge is 0.423 e. The summed E-state index contributed by atoms with van der Waals surface area (Å²) >= 11 is 0. The number of rotatable bonds is 4. The molecule has 4 aromatic rings. The summed E-state index contributed by atoms with van der Waals surface area (Å²) in [6.45, 7) is 2.47. The SMILES string of the molecule is Cc1noc2nc(-c3ccccc3)cc(C(=O)Oc3ccc(N4CCCC4=O)cc3)c12. The smallest absolute Gasteiger partial charge is 0.344 e. The van der Waals surface area contributed by atoms with Gasteiger partial charge in [-0.2, -0.15) is 0 Å². The predicted molar refractivity (Wildman–Crippen MR) is 115 cm³/mol. The van der Waals surface area contributed by atoms with Crippen LogP contribution in [0.4, 0.5) is 5.69 Å². The molecule has 154 valence electrons. The van der Waals surface area contributed by atoms with Crippen molar-refractivity contribution < 1.29 is 18.8 Å². The maximum Gasteiger partial charge on any atom is 0.344 e. The van der Waals surface area contributed by atoms with E-state index in [4.69, 9.17) is 9.26 Å². The molecule has 0 N–H and O–H groups in total. The number of carbonyl (C=O) groups is 2. The van der Waals surface area contributed by atoms with Crippen molar-refractivity contribution in [3.63, 3.8) is 0 Å². The second kappa shape index (κ2) is 7.68. The van der Waals surface area contributed by atoms with Gasteiger partial charge in [0.05, 0.1) is 22.3 Å². The van der Waals surface area contributed by atoms with E-state index in [2.05, 4.69) is 10.1 Å². The van der Waals surface area contributed by atoms with Gasteiger partial charge in [-0.15, -0.1) is 0 Å². The molecule has 0 saturated carbocycles. The van der Waals surface area contributed by atoms with E-state index in [1.807, 2.05) is 30.3 Å². The number of benzene rings is 2. The van der Waals surface area contributed by atoms with E-state index >= 15 is 0 Å². The number of nitrogens with zero attached hydrogens (tertiary/aromatic N) is 3. The first-order valence-electron chi connectivity index (χ1n) is 10.1. The average Bonchev–Trinajstić information content (AvgIpc) is 3.40. The van der Waals surface area contributed by atoms with Crippen molar-refractivity contribution in [2.24, 2.45) is 0 Å². The molecule has 0 spiro atoms. The first kappa shape index (κ1) is 19.0. The van der Waals surface area contributed by atoms with Gasteiger partial charge in [0.25, 0.3) is 5.71 Å². The third-order valence-electron chi connectivity index (χ3n) is 5.34. The Hall–Kier alpha value is -4.00. The van der Waals surface area contributed by atoms with Gasteiger partial charge in [0.15, 0.2) is 0 Å². The van der Waals surface area contributed by atoms with Crippen molar-refractivity contribution in [3.05, 3.63) is 71.9 Å². The molecule has 31 heavy (non-hydrogen) atoms. The Labute approximate surface area is 178 Å². The van der Waals surface area contributed by atoms with Crippen LogP contribution in [0.3, 0.4) is 0 Å². The lowest BCUT2D eigenvalue weighted by Gasteiger charge is -2.15. The number of ether oxygens (including phenoxy) is 1. The van der Waals surface area contributed by atoms with E-state index in [9.17, 15) is 9.59 Å². The highest BCUT2D eigenvalue weighted by molar-refractivity contribution is 6.05. The number of carbonyl (C=O) groups excluding carboxylic acids is 2. The van der Waals surface area contributed by atoms with Gasteiger partial charge in [0.2, 0.25) is 5.91 Å². The fourth-order valence-electron chi connectivity index (χ4n) is 3.79. The van der Waals surface area contributed by atoms with Crippen molar-refractivity contribution in [2.45, 2.75) is 19.8 Å². The summed E-state index contributed by atoms with van der Waals surface area (Å²) in [5, 5.41) is 4.49. The molecule has 1 saturated heterocycles. The van der Waals surface area contributed by atoms with Crippen LogP contribution >= 0.6 is 0 Å². The maximum absolute atomic E-state index is 13.1. The molecule has 1 aliphatic rings. The second-order valence-electron chi connectivity index (χ2n) is 7.40. The molecule has 0 radical (unpaired) electrons. The van der Waals surface area contributed by atoms with E-state index in [-0.39, 0.29) is 11.6 Å². The Kier molecular flexibility index (Phi) is 4.71. The Morgan fingerprint density at radius 1 is 1.10 bits per heavy atom. The number of esters is 1. The second-order valence-corrected chi connectivity index (χ2v) is 7.40. The number of aromatic nitrogens is 2. The molecule has 0 atom stereocenters. The van der Waals surface area contributed by atoms with Crippen molar-refractivity contribution in [3.8, 4) is 17.0 Å².